The third kappa shape index (κ3) is 4.29. The van der Waals surface area contributed by atoms with E-state index in [2.05, 4.69) is 10.5 Å². The van der Waals surface area contributed by atoms with E-state index in [1.165, 1.54) is 0 Å². The third-order valence-corrected chi connectivity index (χ3v) is 6.21. The number of aromatic nitrogens is 2. The molecule has 182 valence electrons. The highest BCUT2D eigenvalue weighted by Crippen LogP contribution is 2.39. The summed E-state index contributed by atoms with van der Waals surface area (Å²) < 4.78 is 16.4. The Morgan fingerprint density at radius 1 is 0.917 bits per heavy atom. The molecule has 1 N–H and O–H groups in total. The highest BCUT2D eigenvalue weighted by atomic mass is 16.5. The summed E-state index contributed by atoms with van der Waals surface area (Å²) in [6.07, 6.45) is 0. The number of amides is 2. The topological polar surface area (TPSA) is 89.7 Å². The molecule has 0 fully saturated rings. The van der Waals surface area contributed by atoms with E-state index >= 15 is 0 Å². The van der Waals surface area contributed by atoms with Gasteiger partial charge in [-0.3, -0.25) is 4.90 Å². The molecule has 0 radical (unpaired) electrons. The van der Waals surface area contributed by atoms with Crippen molar-refractivity contribution in [2.24, 2.45) is 0 Å². The Labute approximate surface area is 209 Å². The molecule has 1 unspecified atom stereocenters. The summed E-state index contributed by atoms with van der Waals surface area (Å²) in [4.78, 5) is 19.7. The van der Waals surface area contributed by atoms with Crippen LogP contribution in [-0.2, 0) is 0 Å². The van der Waals surface area contributed by atoms with Crippen LogP contribution in [0.15, 0.2) is 83.0 Å². The van der Waals surface area contributed by atoms with Crippen molar-refractivity contribution < 1.29 is 18.8 Å². The number of hydrogen-bond donors (Lipinski definition) is 1. The van der Waals surface area contributed by atoms with Crippen molar-refractivity contribution >= 4 is 17.3 Å². The maximum absolute atomic E-state index is 13.4. The molecule has 0 spiro atoms. The lowest BCUT2D eigenvalue weighted by molar-refractivity contribution is 0.244. The van der Waals surface area contributed by atoms with E-state index in [0.717, 1.165) is 22.4 Å². The second-order valence-electron chi connectivity index (χ2n) is 8.48. The van der Waals surface area contributed by atoms with Crippen LogP contribution < -0.4 is 19.7 Å². The van der Waals surface area contributed by atoms with Crippen LogP contribution in [0.1, 0.15) is 30.0 Å². The molecule has 2 amide bonds. The molecule has 5 rings (SSSR count). The lowest BCUT2D eigenvalue weighted by Crippen LogP contribution is -2.46. The number of urea groups is 1. The molecule has 0 saturated carbocycles. The van der Waals surface area contributed by atoms with Gasteiger partial charge in [-0.1, -0.05) is 41.1 Å². The Morgan fingerprint density at radius 2 is 1.64 bits per heavy atom. The first kappa shape index (κ1) is 23.2. The minimum atomic E-state index is -0.468. The van der Waals surface area contributed by atoms with Gasteiger partial charge in [0.25, 0.3) is 5.89 Å². The third-order valence-electron chi connectivity index (χ3n) is 6.21. The van der Waals surface area contributed by atoms with Gasteiger partial charge in [0.15, 0.2) is 0 Å². The second kappa shape index (κ2) is 9.58. The summed E-state index contributed by atoms with van der Waals surface area (Å²) in [5.41, 5.74) is 4.90. The predicted octanol–water partition coefficient (Wildman–Crippen LogP) is 5.76. The highest BCUT2D eigenvalue weighted by Gasteiger charge is 2.36. The summed E-state index contributed by atoms with van der Waals surface area (Å²) in [6, 6.07) is 22.1. The second-order valence-corrected chi connectivity index (χ2v) is 8.48. The normalized spacial score (nSPS) is 15.6. The minimum Gasteiger partial charge on any atom is -0.497 e. The molecule has 36 heavy (non-hydrogen) atoms. The van der Waals surface area contributed by atoms with Crippen LogP contribution >= 0.6 is 0 Å². The number of benzene rings is 3. The fourth-order valence-corrected chi connectivity index (χ4v) is 4.28. The van der Waals surface area contributed by atoms with Crippen molar-refractivity contribution in [1.29, 1.82) is 0 Å². The van der Waals surface area contributed by atoms with E-state index in [4.69, 9.17) is 19.0 Å². The van der Waals surface area contributed by atoms with E-state index in [-0.39, 0.29) is 6.03 Å². The van der Waals surface area contributed by atoms with Crippen molar-refractivity contribution in [2.45, 2.75) is 19.9 Å². The number of nitrogens with zero attached hydrogens (tertiary/aromatic N) is 3. The van der Waals surface area contributed by atoms with E-state index in [9.17, 15) is 4.79 Å². The monoisotopic (exact) mass is 482 g/mol. The molecule has 4 aromatic rings. The summed E-state index contributed by atoms with van der Waals surface area (Å²) in [5.74, 6) is 2.16. The number of methoxy groups -OCH3 is 2. The zero-order valence-corrected chi connectivity index (χ0v) is 20.5. The summed E-state index contributed by atoms with van der Waals surface area (Å²) in [5, 5.41) is 7.35. The Kier molecular flexibility index (Phi) is 6.16. The van der Waals surface area contributed by atoms with Gasteiger partial charge in [0.05, 0.1) is 31.5 Å². The first-order valence-corrected chi connectivity index (χ1v) is 11.5. The fraction of sp³-hybridized carbons (Fsp3) is 0.179. The number of anilines is 1. The number of ether oxygens (including phenoxy) is 2. The molecule has 1 aliphatic rings. The van der Waals surface area contributed by atoms with Crippen LogP contribution in [0.5, 0.6) is 11.5 Å². The lowest BCUT2D eigenvalue weighted by atomic mass is 9.94. The van der Waals surface area contributed by atoms with Crippen LogP contribution in [0, 0.1) is 6.92 Å². The highest BCUT2D eigenvalue weighted by molar-refractivity contribution is 6.01. The molecule has 1 atom stereocenters. The summed E-state index contributed by atoms with van der Waals surface area (Å²) in [7, 11) is 3.21. The average molecular weight is 483 g/mol. The minimum absolute atomic E-state index is 0.259. The molecule has 1 aromatic heterocycles. The SMILES string of the molecule is COc1ccc(-c2noc(C3=C(C)N(c4cccc(OC)c4)C(=O)NC3c3ccc(C)cc3)n2)cc1. The van der Waals surface area contributed by atoms with Gasteiger partial charge in [-0.2, -0.15) is 4.98 Å². The Bertz CT molecular complexity index is 1420. The molecular weight excluding hydrogens is 456 g/mol. The standard InChI is InChI=1S/C28H26N4O4/c1-17-8-10-19(11-9-17)25-24(27-30-26(31-36-27)20-12-14-22(34-3)15-13-20)18(2)32(28(33)29-25)21-6-5-7-23(16-21)35-4/h5-16,25H,1-4H3,(H,29,33). The van der Waals surface area contributed by atoms with Gasteiger partial charge < -0.3 is 19.3 Å². The maximum Gasteiger partial charge on any atom is 0.327 e. The smallest absolute Gasteiger partial charge is 0.327 e. The Hall–Kier alpha value is -4.59. The van der Waals surface area contributed by atoms with Crippen molar-refractivity contribution in [2.75, 3.05) is 19.1 Å². The molecule has 8 nitrogen and oxygen atoms in total. The molecule has 0 bridgehead atoms. The molecule has 0 aliphatic carbocycles. The number of carbonyl (C=O) groups is 1. The van der Waals surface area contributed by atoms with E-state index in [1.54, 1.807) is 19.1 Å². The zero-order chi connectivity index (χ0) is 25.2. The van der Waals surface area contributed by atoms with Gasteiger partial charge >= 0.3 is 6.03 Å². The molecule has 8 heteroatoms. The largest absolute Gasteiger partial charge is 0.497 e. The molecular formula is C28H26N4O4. The van der Waals surface area contributed by atoms with Crippen molar-refractivity contribution in [3.63, 3.8) is 0 Å². The Balaban J connectivity index is 1.63. The zero-order valence-electron chi connectivity index (χ0n) is 20.5. The fourth-order valence-electron chi connectivity index (χ4n) is 4.28. The van der Waals surface area contributed by atoms with Crippen LogP contribution in [0.25, 0.3) is 17.0 Å². The van der Waals surface area contributed by atoms with Gasteiger partial charge in [0.2, 0.25) is 5.82 Å². The van der Waals surface area contributed by atoms with E-state index < -0.39 is 6.04 Å². The number of nitrogens with one attached hydrogen (secondary N) is 1. The lowest BCUT2D eigenvalue weighted by Gasteiger charge is -2.35. The van der Waals surface area contributed by atoms with Crippen molar-refractivity contribution in [3.05, 3.63) is 95.5 Å². The summed E-state index contributed by atoms with van der Waals surface area (Å²) in [6.45, 7) is 3.90. The number of aryl methyl sites for hydroxylation is 1. The van der Waals surface area contributed by atoms with Crippen LogP contribution in [-0.4, -0.2) is 30.4 Å². The van der Waals surface area contributed by atoms with Gasteiger partial charge in [0, 0.05) is 17.3 Å². The quantitative estimate of drug-likeness (QED) is 0.376. The first-order chi connectivity index (χ1) is 17.5. The van der Waals surface area contributed by atoms with Gasteiger partial charge in [-0.25, -0.2) is 4.79 Å². The molecule has 0 saturated heterocycles. The molecule has 2 heterocycles. The molecule has 3 aromatic carbocycles. The predicted molar refractivity (Wildman–Crippen MR) is 137 cm³/mol. The Morgan fingerprint density at radius 3 is 2.33 bits per heavy atom. The van der Waals surface area contributed by atoms with Crippen LogP contribution in [0.4, 0.5) is 10.5 Å². The van der Waals surface area contributed by atoms with Crippen molar-refractivity contribution in [3.8, 4) is 22.9 Å². The molecule has 1 aliphatic heterocycles. The first-order valence-electron chi connectivity index (χ1n) is 11.5. The van der Waals surface area contributed by atoms with Gasteiger partial charge in [-0.15, -0.1) is 0 Å². The van der Waals surface area contributed by atoms with E-state index in [1.807, 2.05) is 86.6 Å². The van der Waals surface area contributed by atoms with Gasteiger partial charge in [0.1, 0.15) is 11.5 Å². The maximum atomic E-state index is 13.4. The average Bonchev–Trinajstić information content (AvgIpc) is 3.39. The number of carbonyl (C=O) groups excluding carboxylic acids is 1. The number of allylic oxidation sites excluding steroid dienone is 1. The van der Waals surface area contributed by atoms with Crippen LogP contribution in [0.2, 0.25) is 0 Å². The van der Waals surface area contributed by atoms with Crippen molar-refractivity contribution in [1.82, 2.24) is 15.5 Å². The number of rotatable bonds is 6. The summed E-state index contributed by atoms with van der Waals surface area (Å²) >= 11 is 0. The van der Waals surface area contributed by atoms with Crippen LogP contribution in [0.3, 0.4) is 0 Å². The van der Waals surface area contributed by atoms with E-state index in [0.29, 0.717) is 34.4 Å². The van der Waals surface area contributed by atoms with Gasteiger partial charge in [-0.05, 0) is 55.8 Å². The number of hydrogen-bond acceptors (Lipinski definition) is 6.